The SMILES string of the molecule is Cc1ccc(C(=[N+]=[N-])S(=O)(=O)c2ccccc2)cc1. The van der Waals surface area contributed by atoms with E-state index in [2.05, 4.69) is 4.79 Å². The van der Waals surface area contributed by atoms with Crippen molar-refractivity contribution in [2.75, 3.05) is 0 Å². The molecule has 0 amide bonds. The molecule has 0 aliphatic rings. The first-order valence-electron chi connectivity index (χ1n) is 5.65. The van der Waals surface area contributed by atoms with E-state index in [1.54, 1.807) is 42.5 Å². The van der Waals surface area contributed by atoms with Gasteiger partial charge in [0.2, 0.25) is 0 Å². The second kappa shape index (κ2) is 5.18. The van der Waals surface area contributed by atoms with Gasteiger partial charge in [-0.15, -0.1) is 0 Å². The van der Waals surface area contributed by atoms with Crippen molar-refractivity contribution in [1.82, 2.24) is 0 Å². The minimum Gasteiger partial charge on any atom is -0.360 e. The lowest BCUT2D eigenvalue weighted by Crippen LogP contribution is -2.17. The van der Waals surface area contributed by atoms with Crippen LogP contribution in [0.15, 0.2) is 59.5 Å². The molecule has 0 radical (unpaired) electrons. The Morgan fingerprint density at radius 2 is 1.58 bits per heavy atom. The fraction of sp³-hybridized carbons (Fsp3) is 0.0714. The number of rotatable bonds is 2. The van der Waals surface area contributed by atoms with Crippen LogP contribution in [-0.2, 0) is 9.84 Å². The smallest absolute Gasteiger partial charge is 0.360 e. The molecule has 0 aliphatic carbocycles. The van der Waals surface area contributed by atoms with Crippen molar-refractivity contribution in [3.8, 4) is 0 Å². The van der Waals surface area contributed by atoms with Gasteiger partial charge in [-0.1, -0.05) is 35.9 Å². The second-order valence-corrected chi connectivity index (χ2v) is 5.95. The van der Waals surface area contributed by atoms with Gasteiger partial charge < -0.3 is 5.53 Å². The molecule has 0 spiro atoms. The summed E-state index contributed by atoms with van der Waals surface area (Å²) in [7, 11) is -3.82. The molecule has 0 atom stereocenters. The van der Waals surface area contributed by atoms with Crippen molar-refractivity contribution in [3.05, 3.63) is 71.3 Å². The first kappa shape index (κ1) is 13.2. The minimum absolute atomic E-state index is 0.100. The highest BCUT2D eigenvalue weighted by Gasteiger charge is 2.31. The Labute approximate surface area is 111 Å². The van der Waals surface area contributed by atoms with Crippen molar-refractivity contribution >= 4 is 14.9 Å². The van der Waals surface area contributed by atoms with Gasteiger partial charge >= 0.3 is 5.04 Å². The molecule has 0 saturated heterocycles. The zero-order valence-corrected chi connectivity index (χ0v) is 11.1. The first-order valence-corrected chi connectivity index (χ1v) is 7.13. The highest BCUT2D eigenvalue weighted by molar-refractivity contribution is 8.06. The molecule has 2 aromatic carbocycles. The average Bonchev–Trinajstić information content (AvgIpc) is 2.42. The van der Waals surface area contributed by atoms with Crippen LogP contribution in [-0.4, -0.2) is 18.3 Å². The molecule has 5 heteroatoms. The molecule has 2 rings (SSSR count). The number of hydrogen-bond donors (Lipinski definition) is 0. The number of sulfone groups is 1. The predicted molar refractivity (Wildman–Crippen MR) is 72.5 cm³/mol. The molecule has 0 saturated carbocycles. The zero-order valence-electron chi connectivity index (χ0n) is 10.3. The topological polar surface area (TPSA) is 70.5 Å². The van der Waals surface area contributed by atoms with Crippen LogP contribution in [0.1, 0.15) is 11.1 Å². The highest BCUT2D eigenvalue weighted by Crippen LogP contribution is 2.16. The summed E-state index contributed by atoms with van der Waals surface area (Å²) < 4.78 is 24.7. The van der Waals surface area contributed by atoms with Crippen molar-refractivity contribution in [2.24, 2.45) is 0 Å². The predicted octanol–water partition coefficient (Wildman–Crippen LogP) is 2.45. The summed E-state index contributed by atoms with van der Waals surface area (Å²) in [5, 5.41) is -0.348. The summed E-state index contributed by atoms with van der Waals surface area (Å²) in [6.45, 7) is 1.89. The first-order chi connectivity index (χ1) is 9.05. The van der Waals surface area contributed by atoms with Gasteiger partial charge in [0.15, 0.2) is 0 Å². The van der Waals surface area contributed by atoms with Gasteiger partial charge in [-0.3, -0.25) is 0 Å². The molecule has 19 heavy (non-hydrogen) atoms. The van der Waals surface area contributed by atoms with Crippen LogP contribution in [0.4, 0.5) is 0 Å². The van der Waals surface area contributed by atoms with Gasteiger partial charge in [0, 0.05) is 0 Å². The third-order valence-corrected chi connectivity index (χ3v) is 4.42. The van der Waals surface area contributed by atoms with E-state index in [0.717, 1.165) is 5.56 Å². The van der Waals surface area contributed by atoms with E-state index < -0.39 is 9.84 Å². The normalized spacial score (nSPS) is 10.8. The maximum atomic E-state index is 12.4. The zero-order chi connectivity index (χ0) is 13.9. The fourth-order valence-corrected chi connectivity index (χ4v) is 2.97. The van der Waals surface area contributed by atoms with E-state index in [9.17, 15) is 8.42 Å². The monoisotopic (exact) mass is 272 g/mol. The maximum absolute atomic E-state index is 12.4. The molecule has 0 unspecified atom stereocenters. The summed E-state index contributed by atoms with van der Waals surface area (Å²) in [5.41, 5.74) is 10.4. The molecule has 0 bridgehead atoms. The van der Waals surface area contributed by atoms with Crippen molar-refractivity contribution in [2.45, 2.75) is 11.8 Å². The van der Waals surface area contributed by atoms with E-state index >= 15 is 0 Å². The van der Waals surface area contributed by atoms with E-state index in [4.69, 9.17) is 5.53 Å². The quantitative estimate of drug-likeness (QED) is 0.364. The Morgan fingerprint density at radius 3 is 2.11 bits per heavy atom. The van der Waals surface area contributed by atoms with Crippen LogP contribution in [0.3, 0.4) is 0 Å². The van der Waals surface area contributed by atoms with Crippen LogP contribution < -0.4 is 0 Å². The second-order valence-electron chi connectivity index (χ2n) is 4.09. The van der Waals surface area contributed by atoms with E-state index in [-0.39, 0.29) is 9.94 Å². The fourth-order valence-electron chi connectivity index (χ4n) is 1.67. The van der Waals surface area contributed by atoms with Gasteiger partial charge in [-0.25, -0.2) is 8.42 Å². The number of hydrogen-bond acceptors (Lipinski definition) is 2. The van der Waals surface area contributed by atoms with Crippen molar-refractivity contribution in [1.29, 1.82) is 0 Å². The maximum Gasteiger partial charge on any atom is 0.416 e. The lowest BCUT2D eigenvalue weighted by Gasteiger charge is -2.00. The highest BCUT2D eigenvalue weighted by atomic mass is 32.2. The standard InChI is InChI=1S/C14H12N2O2S/c1-11-7-9-12(10-8-11)14(16-15)19(17,18)13-5-3-2-4-6-13/h2-10H,1H3. The molecule has 4 nitrogen and oxygen atoms in total. The van der Waals surface area contributed by atoms with E-state index in [1.807, 2.05) is 6.92 Å². The van der Waals surface area contributed by atoms with Gasteiger partial charge in [0.05, 0.1) is 10.5 Å². The number of aryl methyl sites for hydroxylation is 1. The summed E-state index contributed by atoms with van der Waals surface area (Å²) in [5.74, 6) is 0. The molecule has 0 aromatic heterocycles. The third-order valence-electron chi connectivity index (χ3n) is 2.70. The van der Waals surface area contributed by atoms with Crippen molar-refractivity contribution in [3.63, 3.8) is 0 Å². The lowest BCUT2D eigenvalue weighted by atomic mass is 10.2. The summed E-state index contributed by atoms with van der Waals surface area (Å²) >= 11 is 0. The van der Waals surface area contributed by atoms with Crippen LogP contribution in [0, 0.1) is 6.92 Å². The molecular weight excluding hydrogens is 260 g/mol. The molecule has 0 N–H and O–H groups in total. The Morgan fingerprint density at radius 1 is 1.00 bits per heavy atom. The number of benzene rings is 2. The third kappa shape index (κ3) is 2.62. The van der Waals surface area contributed by atoms with Crippen LogP contribution in [0.5, 0.6) is 0 Å². The Bertz CT molecular complexity index is 729. The Balaban J connectivity index is 2.55. The van der Waals surface area contributed by atoms with E-state index in [1.165, 1.54) is 12.1 Å². The lowest BCUT2D eigenvalue weighted by molar-refractivity contribution is 0.000604. The Hall–Kier alpha value is -2.23. The molecule has 0 aliphatic heterocycles. The molecule has 96 valence electrons. The van der Waals surface area contributed by atoms with E-state index in [0.29, 0.717) is 5.56 Å². The van der Waals surface area contributed by atoms with Crippen LogP contribution in [0.2, 0.25) is 0 Å². The molecular formula is C14H12N2O2S. The van der Waals surface area contributed by atoms with Crippen LogP contribution >= 0.6 is 0 Å². The van der Waals surface area contributed by atoms with Gasteiger partial charge in [-0.2, -0.15) is 4.79 Å². The molecule has 0 heterocycles. The van der Waals surface area contributed by atoms with Gasteiger partial charge in [0.25, 0.3) is 9.84 Å². The molecule has 2 aromatic rings. The minimum atomic E-state index is -3.82. The number of nitrogens with zero attached hydrogens (tertiary/aromatic N) is 2. The van der Waals surface area contributed by atoms with Gasteiger partial charge in [0.1, 0.15) is 0 Å². The largest absolute Gasteiger partial charge is 0.416 e. The average molecular weight is 272 g/mol. The summed E-state index contributed by atoms with van der Waals surface area (Å²) in [6, 6.07) is 14.7. The molecule has 0 fully saturated rings. The van der Waals surface area contributed by atoms with Crippen molar-refractivity contribution < 1.29 is 13.2 Å². The van der Waals surface area contributed by atoms with Crippen LogP contribution in [0.25, 0.3) is 5.53 Å². The Kier molecular flexibility index (Phi) is 3.60. The summed E-state index contributed by atoms with van der Waals surface area (Å²) in [4.78, 5) is 3.07. The summed E-state index contributed by atoms with van der Waals surface area (Å²) in [6.07, 6.45) is 0. The van der Waals surface area contributed by atoms with Gasteiger partial charge in [-0.05, 0) is 31.2 Å².